The van der Waals surface area contributed by atoms with E-state index in [2.05, 4.69) is 0 Å². The molecule has 4 rings (SSSR count). The zero-order valence-electron chi connectivity index (χ0n) is 23.9. The van der Waals surface area contributed by atoms with Crippen LogP contribution in [0.1, 0.15) is 23.7 Å². The first-order valence-electron chi connectivity index (χ1n) is 13.2. The minimum absolute atomic E-state index is 0. The van der Waals surface area contributed by atoms with E-state index in [0.29, 0.717) is 39.9 Å². The van der Waals surface area contributed by atoms with Crippen molar-refractivity contribution in [2.24, 2.45) is 0 Å². The predicted molar refractivity (Wildman–Crippen MR) is 167 cm³/mol. The van der Waals surface area contributed by atoms with Crippen molar-refractivity contribution >= 4 is 72.7 Å². The number of benzene rings is 2. The third-order valence-corrected chi connectivity index (χ3v) is 10.1. The molecule has 0 N–H and O–H groups in total. The molecule has 0 saturated carbocycles. The summed E-state index contributed by atoms with van der Waals surface area (Å²) in [6, 6.07) is 9.39. The van der Waals surface area contributed by atoms with Gasteiger partial charge in [0.25, 0.3) is 5.91 Å². The largest absolute Gasteiger partial charge is 0.494 e. The van der Waals surface area contributed by atoms with Gasteiger partial charge in [-0.05, 0) is 70.4 Å². The van der Waals surface area contributed by atoms with Gasteiger partial charge in [0.15, 0.2) is 5.13 Å². The Bertz CT molecular complexity index is 1490. The van der Waals surface area contributed by atoms with Gasteiger partial charge in [0.05, 0.1) is 28.3 Å². The van der Waals surface area contributed by atoms with E-state index < -0.39 is 16.1 Å². The van der Waals surface area contributed by atoms with Gasteiger partial charge in [0.2, 0.25) is 10.0 Å². The van der Waals surface area contributed by atoms with Crippen molar-refractivity contribution in [3.8, 4) is 5.75 Å². The van der Waals surface area contributed by atoms with E-state index in [9.17, 15) is 18.0 Å². The third kappa shape index (κ3) is 7.44. The average molecular weight is 661 g/mol. The third-order valence-electron chi connectivity index (χ3n) is 6.63. The molecule has 2 amide bonds. The molecule has 15 heteroatoms. The highest BCUT2D eigenvalue weighted by Crippen LogP contribution is 2.39. The second-order valence-corrected chi connectivity index (χ2v) is 13.0. The van der Waals surface area contributed by atoms with Gasteiger partial charge in [-0.15, -0.1) is 12.4 Å². The van der Waals surface area contributed by atoms with Crippen molar-refractivity contribution in [3.05, 3.63) is 47.0 Å². The number of nitrogens with zero attached hydrogens (tertiary/aromatic N) is 5. The van der Waals surface area contributed by atoms with Crippen molar-refractivity contribution in [1.82, 2.24) is 19.1 Å². The summed E-state index contributed by atoms with van der Waals surface area (Å²) < 4.78 is 39.1. The second kappa shape index (κ2) is 14.7. The number of sulfonamides is 1. The molecule has 3 aromatic rings. The number of halogens is 2. The van der Waals surface area contributed by atoms with Gasteiger partial charge in [0, 0.05) is 38.3 Å². The van der Waals surface area contributed by atoms with Gasteiger partial charge in [-0.3, -0.25) is 9.69 Å². The molecule has 1 saturated heterocycles. The zero-order chi connectivity index (χ0) is 29.7. The van der Waals surface area contributed by atoms with Crippen molar-refractivity contribution < 1.29 is 27.5 Å². The smallest absolute Gasteiger partial charge is 0.409 e. The highest BCUT2D eigenvalue weighted by atomic mass is 35.5. The van der Waals surface area contributed by atoms with Gasteiger partial charge in [-0.2, -0.15) is 4.31 Å². The zero-order valence-corrected chi connectivity index (χ0v) is 27.1. The number of thiazole rings is 1. The van der Waals surface area contributed by atoms with Crippen LogP contribution in [0.5, 0.6) is 5.75 Å². The molecule has 0 bridgehead atoms. The maximum atomic E-state index is 13.8. The molecule has 0 spiro atoms. The Morgan fingerprint density at radius 3 is 2.31 bits per heavy atom. The van der Waals surface area contributed by atoms with Crippen molar-refractivity contribution in [1.29, 1.82) is 0 Å². The number of ether oxygens (including phenoxy) is 2. The first-order valence-corrected chi connectivity index (χ1v) is 15.8. The molecule has 2 heterocycles. The lowest BCUT2D eigenvalue weighted by Crippen LogP contribution is -2.50. The van der Waals surface area contributed by atoms with Gasteiger partial charge < -0.3 is 19.3 Å². The highest BCUT2D eigenvalue weighted by molar-refractivity contribution is 7.89. The summed E-state index contributed by atoms with van der Waals surface area (Å²) in [4.78, 5) is 35.6. The number of piperazine rings is 1. The minimum Gasteiger partial charge on any atom is -0.494 e. The summed E-state index contributed by atoms with van der Waals surface area (Å²) in [6.45, 7) is 3.95. The van der Waals surface area contributed by atoms with Crippen LogP contribution in [0, 0.1) is 0 Å². The molecule has 1 aliphatic rings. The van der Waals surface area contributed by atoms with Crippen LogP contribution in [0.15, 0.2) is 41.3 Å². The fourth-order valence-electron chi connectivity index (χ4n) is 4.45. The second-order valence-electron chi connectivity index (χ2n) is 9.65. The van der Waals surface area contributed by atoms with E-state index in [1.54, 1.807) is 31.1 Å². The van der Waals surface area contributed by atoms with Crippen LogP contribution >= 0.6 is 35.3 Å². The molecule has 0 aliphatic carbocycles. The Balaban J connectivity index is 0.00000484. The van der Waals surface area contributed by atoms with Gasteiger partial charge >= 0.3 is 6.09 Å². The Kier molecular flexibility index (Phi) is 11.8. The van der Waals surface area contributed by atoms with Crippen molar-refractivity contribution in [2.45, 2.75) is 18.2 Å². The Morgan fingerprint density at radius 2 is 1.71 bits per heavy atom. The van der Waals surface area contributed by atoms with Gasteiger partial charge in [-0.25, -0.2) is 18.2 Å². The summed E-state index contributed by atoms with van der Waals surface area (Å²) in [6.07, 6.45) is 0.250. The van der Waals surface area contributed by atoms with E-state index in [1.807, 2.05) is 19.0 Å². The van der Waals surface area contributed by atoms with E-state index in [-0.39, 0.29) is 56.0 Å². The quantitative estimate of drug-likeness (QED) is 0.314. The van der Waals surface area contributed by atoms with Gasteiger partial charge in [0.1, 0.15) is 11.3 Å². The summed E-state index contributed by atoms with van der Waals surface area (Å²) >= 11 is 7.73. The maximum absolute atomic E-state index is 13.8. The molecule has 0 atom stereocenters. The highest BCUT2D eigenvalue weighted by Gasteiger charge is 2.31. The molecule has 42 heavy (non-hydrogen) atoms. The summed E-state index contributed by atoms with van der Waals surface area (Å²) in [5.41, 5.74) is 0.910. The van der Waals surface area contributed by atoms with Crippen LogP contribution in [-0.4, -0.2) is 107 Å². The van der Waals surface area contributed by atoms with Gasteiger partial charge in [-0.1, -0.05) is 22.9 Å². The lowest BCUT2D eigenvalue weighted by Gasteiger charge is -2.33. The SMILES string of the molecule is CCOC(=O)N1CCN(S(=O)(=O)c2ccc(C(=O)N(CCCN(C)C)c3nc4c(OC)ccc(Cl)c4s3)cc2)CC1.Cl. The molecule has 1 fully saturated rings. The van der Waals surface area contributed by atoms with E-state index in [0.717, 1.165) is 11.2 Å². The topological polar surface area (TPSA) is 113 Å². The fourth-order valence-corrected chi connectivity index (χ4v) is 7.15. The normalized spacial score (nSPS) is 14.1. The standard InChI is InChI=1S/C27H34ClN5O6S2.ClH/c1-5-39-27(35)31-15-17-32(18-16-31)41(36,37)20-9-7-19(8-10-20)25(34)33(14-6-13-30(2)3)26-29-23-22(38-4)12-11-21(28)24(23)40-26;/h7-12H,5-6,13-18H2,1-4H3;1H. The number of rotatable bonds is 10. The number of carbonyl (C=O) groups is 2. The summed E-state index contributed by atoms with van der Waals surface area (Å²) in [5.74, 6) is 0.259. The summed E-state index contributed by atoms with van der Waals surface area (Å²) in [5, 5.41) is 0.995. The molecule has 2 aromatic carbocycles. The minimum atomic E-state index is -3.81. The van der Waals surface area contributed by atoms with Crippen LogP contribution in [0.3, 0.4) is 0 Å². The molecule has 1 aromatic heterocycles. The number of aromatic nitrogens is 1. The van der Waals surface area contributed by atoms with Crippen molar-refractivity contribution in [3.63, 3.8) is 0 Å². The van der Waals surface area contributed by atoms with Crippen LogP contribution in [0.2, 0.25) is 5.02 Å². The first-order chi connectivity index (χ1) is 19.6. The lowest BCUT2D eigenvalue weighted by atomic mass is 10.2. The number of hydrogen-bond acceptors (Lipinski definition) is 9. The molecule has 0 radical (unpaired) electrons. The first kappa shape index (κ1) is 33.8. The Hall–Kier alpha value is -2.68. The monoisotopic (exact) mass is 659 g/mol. The number of methoxy groups -OCH3 is 1. The van der Waals surface area contributed by atoms with E-state index in [1.165, 1.54) is 44.8 Å². The molecule has 1 aliphatic heterocycles. The maximum Gasteiger partial charge on any atom is 0.409 e. The van der Waals surface area contributed by atoms with Crippen LogP contribution in [-0.2, 0) is 14.8 Å². The van der Waals surface area contributed by atoms with Crippen molar-refractivity contribution in [2.75, 3.05) is 72.0 Å². The van der Waals surface area contributed by atoms with E-state index in [4.69, 9.17) is 26.1 Å². The summed E-state index contributed by atoms with van der Waals surface area (Å²) in [7, 11) is 1.67. The number of amides is 2. The number of anilines is 1. The number of fused-ring (bicyclic) bond motifs is 1. The number of carbonyl (C=O) groups excluding carboxylic acids is 2. The predicted octanol–water partition coefficient (Wildman–Crippen LogP) is 4.44. The van der Waals surface area contributed by atoms with Crippen LogP contribution in [0.25, 0.3) is 10.2 Å². The average Bonchev–Trinajstić information content (AvgIpc) is 3.41. The lowest BCUT2D eigenvalue weighted by molar-refractivity contribution is 0.0933. The molecule has 230 valence electrons. The van der Waals surface area contributed by atoms with E-state index >= 15 is 0 Å². The molecule has 11 nitrogen and oxygen atoms in total. The van der Waals surface area contributed by atoms with Crippen LogP contribution < -0.4 is 9.64 Å². The fraction of sp³-hybridized carbons (Fsp3) is 0.444. The molecular formula is C27H35Cl2N5O6S2. The molecular weight excluding hydrogens is 625 g/mol. The van der Waals surface area contributed by atoms with Crippen LogP contribution in [0.4, 0.5) is 9.93 Å². The Morgan fingerprint density at radius 1 is 1.05 bits per heavy atom. The Labute approximate surface area is 261 Å². The number of hydrogen-bond donors (Lipinski definition) is 0. The molecule has 0 unspecified atom stereocenters.